The lowest BCUT2D eigenvalue weighted by Gasteiger charge is -2.17. The number of nitriles is 1. The van der Waals surface area contributed by atoms with E-state index in [2.05, 4.69) is 0 Å². The Kier molecular flexibility index (Phi) is 4.89. The quantitative estimate of drug-likeness (QED) is 0.757. The van der Waals surface area contributed by atoms with Crippen molar-refractivity contribution in [3.05, 3.63) is 29.3 Å². The van der Waals surface area contributed by atoms with Crippen LogP contribution in [0.4, 0.5) is 0 Å². The Morgan fingerprint density at radius 2 is 1.82 bits per heavy atom. The van der Waals surface area contributed by atoms with E-state index in [4.69, 9.17) is 14.3 Å². The maximum Gasteiger partial charge on any atom is 0.361 e. The number of hydrogen-bond acceptors (Lipinski definition) is 4. The Hall–Kier alpha value is -1.14. The summed E-state index contributed by atoms with van der Waals surface area (Å²) in [5.41, 5.74) is 1.32. The van der Waals surface area contributed by atoms with E-state index in [1.807, 2.05) is 13.0 Å². The average molecular weight is 253 g/mol. The van der Waals surface area contributed by atoms with E-state index in [-0.39, 0.29) is 0 Å². The van der Waals surface area contributed by atoms with E-state index in [9.17, 15) is 4.57 Å². The van der Waals surface area contributed by atoms with Gasteiger partial charge in [0, 0.05) is 0 Å². The second-order valence-corrected chi connectivity index (χ2v) is 5.53. The summed E-state index contributed by atoms with van der Waals surface area (Å²) in [6.45, 7) is 5.95. The van der Waals surface area contributed by atoms with Crippen LogP contribution in [0.15, 0.2) is 18.2 Å². The van der Waals surface area contributed by atoms with Gasteiger partial charge in [-0.2, -0.15) is 5.26 Å². The molecule has 0 spiro atoms. The first kappa shape index (κ1) is 13.9. The fourth-order valence-electron chi connectivity index (χ4n) is 1.51. The molecule has 92 valence electrons. The molecule has 17 heavy (non-hydrogen) atoms. The molecule has 0 aromatic heterocycles. The Bertz CT molecular complexity index is 469. The van der Waals surface area contributed by atoms with Crippen LogP contribution in [0, 0.1) is 18.3 Å². The molecule has 0 aliphatic heterocycles. The smallest absolute Gasteiger partial charge is 0.305 e. The van der Waals surface area contributed by atoms with Gasteiger partial charge in [0.05, 0.1) is 30.2 Å². The number of rotatable bonds is 5. The van der Waals surface area contributed by atoms with Gasteiger partial charge >= 0.3 is 7.60 Å². The second-order valence-electron chi connectivity index (χ2n) is 3.50. The summed E-state index contributed by atoms with van der Waals surface area (Å²) in [6.07, 6.45) is 0. The number of hydrogen-bond donors (Lipinski definition) is 0. The fourth-order valence-corrected chi connectivity index (χ4v) is 3.22. The molecule has 0 fully saturated rings. The Labute approximate surface area is 102 Å². The van der Waals surface area contributed by atoms with Crippen LogP contribution >= 0.6 is 7.60 Å². The predicted octanol–water partition coefficient (Wildman–Crippen LogP) is 2.76. The van der Waals surface area contributed by atoms with Crippen molar-refractivity contribution in [2.75, 3.05) is 13.2 Å². The molecule has 0 atom stereocenters. The van der Waals surface area contributed by atoms with Crippen LogP contribution in [-0.2, 0) is 13.6 Å². The van der Waals surface area contributed by atoms with E-state index in [0.717, 1.165) is 5.56 Å². The van der Waals surface area contributed by atoms with Crippen molar-refractivity contribution in [3.8, 4) is 6.07 Å². The van der Waals surface area contributed by atoms with Crippen molar-refractivity contribution >= 4 is 12.9 Å². The molecule has 5 heteroatoms. The first-order valence-electron chi connectivity index (χ1n) is 5.47. The number of benzene rings is 1. The van der Waals surface area contributed by atoms with Crippen LogP contribution < -0.4 is 5.30 Å². The fraction of sp³-hybridized carbons (Fsp3) is 0.417. The molecule has 1 rings (SSSR count). The van der Waals surface area contributed by atoms with Crippen molar-refractivity contribution < 1.29 is 13.6 Å². The molecule has 0 N–H and O–H groups in total. The SMILES string of the molecule is CCOP(=O)(OCC)c1cc(C)cc(C#N)c1. The zero-order chi connectivity index (χ0) is 12.9. The lowest BCUT2D eigenvalue weighted by molar-refractivity contribution is 0.230. The van der Waals surface area contributed by atoms with E-state index in [0.29, 0.717) is 24.1 Å². The maximum absolute atomic E-state index is 12.5. The summed E-state index contributed by atoms with van der Waals surface area (Å²) >= 11 is 0. The van der Waals surface area contributed by atoms with Crippen LogP contribution in [0.3, 0.4) is 0 Å². The largest absolute Gasteiger partial charge is 0.361 e. The Morgan fingerprint density at radius 1 is 1.24 bits per heavy atom. The normalized spacial score (nSPS) is 11.2. The molecule has 0 heterocycles. The number of nitrogens with zero attached hydrogens (tertiary/aromatic N) is 1. The third-order valence-electron chi connectivity index (χ3n) is 2.11. The minimum Gasteiger partial charge on any atom is -0.305 e. The van der Waals surface area contributed by atoms with Crippen LogP contribution in [0.1, 0.15) is 25.0 Å². The molecule has 1 aromatic carbocycles. The Balaban J connectivity index is 3.24. The summed E-state index contributed by atoms with van der Waals surface area (Å²) in [6, 6.07) is 7.04. The molecule has 0 saturated heterocycles. The van der Waals surface area contributed by atoms with E-state index >= 15 is 0 Å². The van der Waals surface area contributed by atoms with Gasteiger partial charge in [-0.05, 0) is 44.5 Å². The molecule has 0 saturated carbocycles. The molecule has 1 aromatic rings. The van der Waals surface area contributed by atoms with E-state index < -0.39 is 7.60 Å². The molecule has 0 unspecified atom stereocenters. The van der Waals surface area contributed by atoms with Gasteiger partial charge in [-0.1, -0.05) is 0 Å². The highest BCUT2D eigenvalue weighted by Crippen LogP contribution is 2.46. The van der Waals surface area contributed by atoms with Gasteiger partial charge < -0.3 is 9.05 Å². The highest BCUT2D eigenvalue weighted by atomic mass is 31.2. The van der Waals surface area contributed by atoms with E-state index in [1.54, 1.807) is 32.0 Å². The zero-order valence-electron chi connectivity index (χ0n) is 10.3. The monoisotopic (exact) mass is 253 g/mol. The molecule has 0 aliphatic carbocycles. The molecule has 0 aliphatic rings. The second kappa shape index (κ2) is 5.97. The van der Waals surface area contributed by atoms with Crippen LogP contribution in [0.25, 0.3) is 0 Å². The van der Waals surface area contributed by atoms with Crippen molar-refractivity contribution in [2.24, 2.45) is 0 Å². The van der Waals surface area contributed by atoms with Gasteiger partial charge in [0.1, 0.15) is 0 Å². The summed E-state index contributed by atoms with van der Waals surface area (Å²) in [5.74, 6) is 0. The third-order valence-corrected chi connectivity index (χ3v) is 4.19. The molecule has 0 amide bonds. The predicted molar refractivity (Wildman–Crippen MR) is 66.4 cm³/mol. The first-order chi connectivity index (χ1) is 8.05. The van der Waals surface area contributed by atoms with E-state index in [1.165, 1.54) is 0 Å². The number of aryl methyl sites for hydroxylation is 1. The van der Waals surface area contributed by atoms with Gasteiger partial charge in [-0.3, -0.25) is 4.57 Å². The molecule has 4 nitrogen and oxygen atoms in total. The van der Waals surface area contributed by atoms with Crippen LogP contribution in [0.2, 0.25) is 0 Å². The summed E-state index contributed by atoms with van der Waals surface area (Å²) in [5, 5.41) is 9.33. The van der Waals surface area contributed by atoms with Crippen molar-refractivity contribution in [1.82, 2.24) is 0 Å². The standard InChI is InChI=1S/C12H16NO3P/c1-4-15-17(14,16-5-2)12-7-10(3)6-11(8-12)9-13/h6-8H,4-5H2,1-3H3. The van der Waals surface area contributed by atoms with Gasteiger partial charge in [0.2, 0.25) is 0 Å². The summed E-state index contributed by atoms with van der Waals surface area (Å²) in [4.78, 5) is 0. The lowest BCUT2D eigenvalue weighted by atomic mass is 10.2. The van der Waals surface area contributed by atoms with Crippen molar-refractivity contribution in [1.29, 1.82) is 5.26 Å². The minimum atomic E-state index is -3.29. The molecule has 0 bridgehead atoms. The van der Waals surface area contributed by atoms with Crippen molar-refractivity contribution in [3.63, 3.8) is 0 Å². The highest BCUT2D eigenvalue weighted by Gasteiger charge is 2.27. The topological polar surface area (TPSA) is 59.3 Å². The van der Waals surface area contributed by atoms with Crippen LogP contribution in [-0.4, -0.2) is 13.2 Å². The van der Waals surface area contributed by atoms with Crippen molar-refractivity contribution in [2.45, 2.75) is 20.8 Å². The lowest BCUT2D eigenvalue weighted by Crippen LogP contribution is -2.11. The van der Waals surface area contributed by atoms with Crippen LogP contribution in [0.5, 0.6) is 0 Å². The van der Waals surface area contributed by atoms with Gasteiger partial charge in [-0.25, -0.2) is 0 Å². The summed E-state index contributed by atoms with van der Waals surface area (Å²) < 4.78 is 23.0. The molecule has 0 radical (unpaired) electrons. The van der Waals surface area contributed by atoms with Gasteiger partial charge in [0.15, 0.2) is 0 Å². The third kappa shape index (κ3) is 3.41. The zero-order valence-corrected chi connectivity index (χ0v) is 11.2. The highest BCUT2D eigenvalue weighted by molar-refractivity contribution is 7.62. The Morgan fingerprint density at radius 3 is 2.29 bits per heavy atom. The maximum atomic E-state index is 12.5. The van der Waals surface area contributed by atoms with Gasteiger partial charge in [-0.15, -0.1) is 0 Å². The average Bonchev–Trinajstić information content (AvgIpc) is 2.28. The summed E-state index contributed by atoms with van der Waals surface area (Å²) in [7, 11) is -3.29. The molecular formula is C12H16NO3P. The minimum absolute atomic E-state index is 0.299. The first-order valence-corrected chi connectivity index (χ1v) is 7.01. The van der Waals surface area contributed by atoms with Gasteiger partial charge in [0.25, 0.3) is 0 Å². The molecular weight excluding hydrogens is 237 g/mol.